The molecule has 2 rings (SSSR count). The number of hydrogen-bond donors (Lipinski definition) is 0. The molecule has 0 radical (unpaired) electrons. The number of rotatable bonds is 2. The van der Waals surface area contributed by atoms with E-state index in [2.05, 4.69) is 13.0 Å². The second-order valence-corrected chi connectivity index (χ2v) is 5.07. The number of nitrogens with zero attached hydrogens (tertiary/aromatic N) is 1. The Hall–Kier alpha value is -1.35. The highest BCUT2D eigenvalue weighted by Gasteiger charge is 2.38. The number of ether oxygens (including phenoxy) is 1. The van der Waals surface area contributed by atoms with Crippen LogP contribution in [0.25, 0.3) is 0 Å². The van der Waals surface area contributed by atoms with Gasteiger partial charge in [-0.1, -0.05) is 18.2 Å². The van der Waals surface area contributed by atoms with Gasteiger partial charge in [-0.05, 0) is 38.8 Å². The van der Waals surface area contributed by atoms with E-state index in [9.17, 15) is 4.79 Å². The summed E-state index contributed by atoms with van der Waals surface area (Å²) in [4.78, 5) is 14.3. The zero-order valence-corrected chi connectivity index (χ0v) is 10.9. The Morgan fingerprint density at radius 1 is 1.41 bits per heavy atom. The molecule has 1 aliphatic heterocycles. The van der Waals surface area contributed by atoms with Gasteiger partial charge < -0.3 is 9.64 Å². The molecule has 1 aromatic rings. The smallest absolute Gasteiger partial charge is 0.258 e. The molecular weight excluding hydrogens is 214 g/mol. The molecule has 0 N–H and O–H groups in total. The van der Waals surface area contributed by atoms with Gasteiger partial charge in [0.25, 0.3) is 5.91 Å². The molecule has 1 aliphatic rings. The van der Waals surface area contributed by atoms with Crippen LogP contribution in [0.3, 0.4) is 0 Å². The molecule has 1 unspecified atom stereocenters. The van der Waals surface area contributed by atoms with E-state index >= 15 is 0 Å². The Bertz CT molecular complexity index is 440. The fourth-order valence-electron chi connectivity index (χ4n) is 2.25. The Morgan fingerprint density at radius 2 is 2.06 bits per heavy atom. The summed E-state index contributed by atoms with van der Waals surface area (Å²) >= 11 is 0. The van der Waals surface area contributed by atoms with Crippen LogP contribution >= 0.6 is 0 Å². The lowest BCUT2D eigenvalue weighted by Gasteiger charge is -2.31. The van der Waals surface area contributed by atoms with E-state index in [1.807, 2.05) is 36.9 Å². The highest BCUT2D eigenvalue weighted by Crippen LogP contribution is 2.33. The van der Waals surface area contributed by atoms with Gasteiger partial charge >= 0.3 is 0 Å². The molecule has 1 heterocycles. The van der Waals surface area contributed by atoms with E-state index in [4.69, 9.17) is 4.74 Å². The highest BCUT2D eigenvalue weighted by atomic mass is 16.5. The quantitative estimate of drug-likeness (QED) is 0.785. The van der Waals surface area contributed by atoms with Crippen LogP contribution in [0.2, 0.25) is 0 Å². The maximum absolute atomic E-state index is 12.5. The highest BCUT2D eigenvalue weighted by molar-refractivity contribution is 6.01. The summed E-state index contributed by atoms with van der Waals surface area (Å²) < 4.78 is 5.28. The molecule has 0 spiro atoms. The van der Waals surface area contributed by atoms with Crippen LogP contribution in [0.4, 0.5) is 5.69 Å². The molecule has 17 heavy (non-hydrogen) atoms. The monoisotopic (exact) mass is 233 g/mol. The number of hydrogen-bond acceptors (Lipinski definition) is 2. The molecule has 1 atom stereocenters. The lowest BCUT2D eigenvalue weighted by molar-refractivity contribution is -0.136. The van der Waals surface area contributed by atoms with Gasteiger partial charge in [0.2, 0.25) is 0 Å². The van der Waals surface area contributed by atoms with Crippen LogP contribution < -0.4 is 4.90 Å². The third kappa shape index (κ3) is 1.95. The predicted molar refractivity (Wildman–Crippen MR) is 68.2 cm³/mol. The van der Waals surface area contributed by atoms with Gasteiger partial charge in [-0.2, -0.15) is 0 Å². The third-order valence-corrected chi connectivity index (χ3v) is 3.45. The van der Waals surface area contributed by atoms with Crippen molar-refractivity contribution >= 4 is 11.6 Å². The first-order valence-corrected chi connectivity index (χ1v) is 5.94. The summed E-state index contributed by atoms with van der Waals surface area (Å²) in [6.07, 6.45) is 0.918. The molecule has 1 aromatic carbocycles. The second kappa shape index (κ2) is 4.15. The van der Waals surface area contributed by atoms with Crippen LogP contribution in [0.5, 0.6) is 0 Å². The van der Waals surface area contributed by atoms with Crippen molar-refractivity contribution < 1.29 is 9.53 Å². The first kappa shape index (κ1) is 12.1. The van der Waals surface area contributed by atoms with Crippen LogP contribution in [0, 0.1) is 0 Å². The van der Waals surface area contributed by atoms with Crippen LogP contribution in [0.1, 0.15) is 26.3 Å². The number of carbonyl (C=O) groups excluding carboxylic acids is 1. The maximum Gasteiger partial charge on any atom is 0.258 e. The number of anilines is 1. The number of methoxy groups -OCH3 is 1. The van der Waals surface area contributed by atoms with Gasteiger partial charge in [-0.3, -0.25) is 4.79 Å². The third-order valence-electron chi connectivity index (χ3n) is 3.45. The topological polar surface area (TPSA) is 29.5 Å². The average molecular weight is 233 g/mol. The van der Waals surface area contributed by atoms with Crippen molar-refractivity contribution in [2.75, 3.05) is 12.0 Å². The molecule has 0 aliphatic carbocycles. The molecule has 3 nitrogen and oxygen atoms in total. The Morgan fingerprint density at radius 3 is 2.71 bits per heavy atom. The summed E-state index contributed by atoms with van der Waals surface area (Å²) in [5, 5.41) is 0. The summed E-state index contributed by atoms with van der Waals surface area (Å²) in [6, 6.07) is 8.27. The van der Waals surface area contributed by atoms with Crippen molar-refractivity contribution in [3.05, 3.63) is 29.8 Å². The molecule has 0 bridgehead atoms. The molecule has 0 saturated carbocycles. The maximum atomic E-state index is 12.5. The minimum Gasteiger partial charge on any atom is -0.369 e. The molecule has 3 heteroatoms. The molecule has 92 valence electrons. The van der Waals surface area contributed by atoms with Gasteiger partial charge in [0.1, 0.15) is 5.60 Å². The molecule has 0 fully saturated rings. The van der Waals surface area contributed by atoms with Gasteiger partial charge in [-0.25, -0.2) is 0 Å². The molecule has 1 amide bonds. The fraction of sp³-hybridized carbons (Fsp3) is 0.500. The standard InChI is InChI=1S/C14H19NO2/c1-10-9-11-7-5-6-8-12(11)15(10)13(16)14(2,3)17-4/h5-8,10H,9H2,1-4H3. The van der Waals surface area contributed by atoms with Crippen molar-refractivity contribution in [1.82, 2.24) is 0 Å². The lowest BCUT2D eigenvalue weighted by Crippen LogP contribution is -2.48. The lowest BCUT2D eigenvalue weighted by atomic mass is 10.1. The summed E-state index contributed by atoms with van der Waals surface area (Å²) in [7, 11) is 1.57. The normalized spacial score (nSPS) is 19.3. The Kier molecular flexibility index (Phi) is 2.96. The van der Waals surface area contributed by atoms with E-state index in [-0.39, 0.29) is 11.9 Å². The SMILES string of the molecule is COC(C)(C)C(=O)N1c2ccccc2CC1C. The number of carbonyl (C=O) groups is 1. The average Bonchev–Trinajstić information content (AvgIpc) is 2.64. The summed E-state index contributed by atoms with van der Waals surface area (Å²) in [6.45, 7) is 5.69. The van der Waals surface area contributed by atoms with Crippen LogP contribution in [-0.2, 0) is 16.0 Å². The Balaban J connectivity index is 2.37. The van der Waals surface area contributed by atoms with Crippen molar-refractivity contribution in [3.63, 3.8) is 0 Å². The zero-order chi connectivity index (χ0) is 12.6. The van der Waals surface area contributed by atoms with E-state index < -0.39 is 5.60 Å². The van der Waals surface area contributed by atoms with Gasteiger partial charge in [0, 0.05) is 18.8 Å². The van der Waals surface area contributed by atoms with Gasteiger partial charge in [0.15, 0.2) is 0 Å². The predicted octanol–water partition coefficient (Wildman–Crippen LogP) is 2.39. The summed E-state index contributed by atoms with van der Waals surface area (Å²) in [5.41, 5.74) is 1.49. The first-order valence-electron chi connectivity index (χ1n) is 5.94. The number of fused-ring (bicyclic) bond motifs is 1. The van der Waals surface area contributed by atoms with Crippen molar-refractivity contribution in [1.29, 1.82) is 0 Å². The fourth-order valence-corrected chi connectivity index (χ4v) is 2.25. The zero-order valence-electron chi connectivity index (χ0n) is 10.9. The van der Waals surface area contributed by atoms with Crippen molar-refractivity contribution in [3.8, 4) is 0 Å². The van der Waals surface area contributed by atoms with E-state index in [1.54, 1.807) is 7.11 Å². The Labute approximate surface area is 102 Å². The number of amides is 1. The van der Waals surface area contributed by atoms with Crippen molar-refractivity contribution in [2.45, 2.75) is 38.8 Å². The van der Waals surface area contributed by atoms with Crippen LogP contribution in [-0.4, -0.2) is 24.7 Å². The number of benzene rings is 1. The van der Waals surface area contributed by atoms with Gasteiger partial charge in [-0.15, -0.1) is 0 Å². The van der Waals surface area contributed by atoms with Gasteiger partial charge in [0.05, 0.1) is 0 Å². The molecular formula is C14H19NO2. The van der Waals surface area contributed by atoms with Crippen molar-refractivity contribution in [2.24, 2.45) is 0 Å². The molecule has 0 aromatic heterocycles. The van der Waals surface area contributed by atoms with Crippen LogP contribution in [0.15, 0.2) is 24.3 Å². The molecule has 0 saturated heterocycles. The van der Waals surface area contributed by atoms with E-state index in [1.165, 1.54) is 5.56 Å². The minimum atomic E-state index is -0.772. The number of para-hydroxylation sites is 1. The second-order valence-electron chi connectivity index (χ2n) is 5.07. The minimum absolute atomic E-state index is 0.0254. The first-order chi connectivity index (χ1) is 7.97. The largest absolute Gasteiger partial charge is 0.369 e. The van der Waals surface area contributed by atoms with E-state index in [0.29, 0.717) is 0 Å². The summed E-state index contributed by atoms with van der Waals surface area (Å²) in [5.74, 6) is 0.0254. The van der Waals surface area contributed by atoms with E-state index in [0.717, 1.165) is 12.1 Å².